The zero-order valence-corrected chi connectivity index (χ0v) is 16.2. The number of aromatic amines is 1. The van der Waals surface area contributed by atoms with E-state index in [1.807, 2.05) is 42.2 Å². The Bertz CT molecular complexity index is 1240. The molecule has 5 heteroatoms. The van der Waals surface area contributed by atoms with Crippen LogP contribution in [0.3, 0.4) is 0 Å². The maximum absolute atomic E-state index is 6.36. The first-order chi connectivity index (χ1) is 13.7. The number of aliphatic imine (C=N–C) groups is 1. The zero-order chi connectivity index (χ0) is 19.1. The van der Waals surface area contributed by atoms with E-state index in [0.29, 0.717) is 0 Å². The van der Waals surface area contributed by atoms with E-state index in [1.165, 1.54) is 0 Å². The number of aromatic nitrogens is 3. The molecule has 1 aliphatic heterocycles. The topological polar surface area (TPSA) is 46.0 Å². The molecule has 1 aliphatic rings. The molecule has 2 aromatic heterocycles. The number of fused-ring (bicyclic) bond motifs is 1. The molecule has 0 spiro atoms. The van der Waals surface area contributed by atoms with Crippen LogP contribution in [0.15, 0.2) is 65.7 Å². The number of rotatable bonds is 3. The van der Waals surface area contributed by atoms with Crippen LogP contribution in [0.1, 0.15) is 18.5 Å². The van der Waals surface area contributed by atoms with Gasteiger partial charge in [-0.05, 0) is 43.2 Å². The van der Waals surface area contributed by atoms with Gasteiger partial charge in [-0.25, -0.2) is 0 Å². The number of hydrogen-bond donors (Lipinski definition) is 1. The normalized spacial score (nSPS) is 13.9. The van der Waals surface area contributed by atoms with Crippen LogP contribution >= 0.6 is 11.6 Å². The highest BCUT2D eigenvalue weighted by Crippen LogP contribution is 2.32. The molecule has 138 valence electrons. The van der Waals surface area contributed by atoms with Gasteiger partial charge in [0.05, 0.1) is 11.4 Å². The first kappa shape index (κ1) is 17.0. The molecule has 0 bridgehead atoms. The molecule has 28 heavy (non-hydrogen) atoms. The number of aryl methyl sites for hydroxylation is 1. The third kappa shape index (κ3) is 2.96. The standard InChI is InChI=1S/C23H19ClN4/c1-28-23(14-22(27-28)20-8-4-5-11-25-20)15-9-10-19-16(12-15)13-21(26-19)17-6-2-3-7-18(17)24/h2-3,6-14,26H,4-5H2,1H3. The first-order valence-corrected chi connectivity index (χ1v) is 9.72. The summed E-state index contributed by atoms with van der Waals surface area (Å²) >= 11 is 6.36. The molecule has 0 radical (unpaired) electrons. The van der Waals surface area contributed by atoms with Crippen LogP contribution in [0.5, 0.6) is 0 Å². The highest BCUT2D eigenvalue weighted by Gasteiger charge is 2.13. The van der Waals surface area contributed by atoms with Crippen molar-refractivity contribution in [3.8, 4) is 22.5 Å². The molecule has 1 N–H and O–H groups in total. The summed E-state index contributed by atoms with van der Waals surface area (Å²) in [5, 5.41) is 6.55. The molecule has 4 aromatic rings. The van der Waals surface area contributed by atoms with Crippen LogP contribution in [0.4, 0.5) is 0 Å². The Morgan fingerprint density at radius 2 is 1.93 bits per heavy atom. The van der Waals surface area contributed by atoms with Gasteiger partial charge < -0.3 is 4.98 Å². The van der Waals surface area contributed by atoms with Gasteiger partial charge in [-0.1, -0.05) is 41.9 Å². The van der Waals surface area contributed by atoms with Gasteiger partial charge in [0.25, 0.3) is 0 Å². The Morgan fingerprint density at radius 3 is 2.75 bits per heavy atom. The smallest absolute Gasteiger partial charge is 0.111 e. The molecular weight excluding hydrogens is 368 g/mol. The van der Waals surface area contributed by atoms with Gasteiger partial charge in [-0.2, -0.15) is 5.10 Å². The lowest BCUT2D eigenvalue weighted by Gasteiger charge is -2.01. The molecule has 0 aliphatic carbocycles. The summed E-state index contributed by atoms with van der Waals surface area (Å²) in [5.74, 6) is 0. The summed E-state index contributed by atoms with van der Waals surface area (Å²) in [4.78, 5) is 7.95. The number of halogens is 1. The van der Waals surface area contributed by atoms with Gasteiger partial charge in [0.2, 0.25) is 0 Å². The lowest BCUT2D eigenvalue weighted by atomic mass is 10.1. The monoisotopic (exact) mass is 386 g/mol. The van der Waals surface area contributed by atoms with Crippen molar-refractivity contribution in [3.05, 3.63) is 71.4 Å². The second-order valence-corrected chi connectivity index (χ2v) is 7.39. The van der Waals surface area contributed by atoms with E-state index in [4.69, 9.17) is 11.6 Å². The molecule has 5 rings (SSSR count). The number of H-pyrrole nitrogens is 1. The van der Waals surface area contributed by atoms with Crippen LogP contribution in [0.25, 0.3) is 39.1 Å². The van der Waals surface area contributed by atoms with Gasteiger partial charge >= 0.3 is 0 Å². The Labute approximate surface area is 168 Å². The average molecular weight is 387 g/mol. The Hall–Kier alpha value is -3.11. The number of benzene rings is 2. The fraction of sp³-hybridized carbons (Fsp3) is 0.130. The highest BCUT2D eigenvalue weighted by atomic mass is 35.5. The molecule has 0 saturated carbocycles. The van der Waals surface area contributed by atoms with Gasteiger partial charge in [0, 0.05) is 46.0 Å². The van der Waals surface area contributed by atoms with Gasteiger partial charge in [0.15, 0.2) is 0 Å². The summed E-state index contributed by atoms with van der Waals surface area (Å²) < 4.78 is 1.92. The lowest BCUT2D eigenvalue weighted by Crippen LogP contribution is -1.95. The molecule has 0 atom stereocenters. The van der Waals surface area contributed by atoms with Crippen LogP contribution in [0.2, 0.25) is 5.02 Å². The van der Waals surface area contributed by atoms with Crippen LogP contribution in [0, 0.1) is 0 Å². The summed E-state index contributed by atoms with van der Waals surface area (Å²) in [7, 11) is 1.97. The van der Waals surface area contributed by atoms with Crippen molar-refractivity contribution in [3.63, 3.8) is 0 Å². The minimum absolute atomic E-state index is 0.742. The summed E-state index contributed by atoms with van der Waals surface area (Å²) in [6, 6.07) is 18.5. The van der Waals surface area contributed by atoms with Crippen molar-refractivity contribution < 1.29 is 0 Å². The Morgan fingerprint density at radius 1 is 1.04 bits per heavy atom. The number of nitrogens with one attached hydrogen (secondary N) is 1. The molecule has 3 heterocycles. The Kier molecular flexibility index (Phi) is 4.14. The van der Waals surface area contributed by atoms with Crippen LogP contribution in [-0.2, 0) is 7.05 Å². The van der Waals surface area contributed by atoms with E-state index in [1.54, 1.807) is 0 Å². The maximum atomic E-state index is 6.36. The van der Waals surface area contributed by atoms with Crippen molar-refractivity contribution >= 4 is 34.4 Å². The lowest BCUT2D eigenvalue weighted by molar-refractivity contribution is 0.770. The summed E-state index contributed by atoms with van der Waals surface area (Å²) in [6.07, 6.45) is 6.13. The Balaban J connectivity index is 1.55. The van der Waals surface area contributed by atoms with Crippen molar-refractivity contribution in [2.24, 2.45) is 12.0 Å². The van der Waals surface area contributed by atoms with Crippen molar-refractivity contribution in [2.75, 3.05) is 0 Å². The van der Waals surface area contributed by atoms with E-state index in [-0.39, 0.29) is 0 Å². The molecule has 0 fully saturated rings. The minimum atomic E-state index is 0.742. The third-order valence-electron chi connectivity index (χ3n) is 5.09. The highest BCUT2D eigenvalue weighted by molar-refractivity contribution is 6.33. The van der Waals surface area contributed by atoms with E-state index in [9.17, 15) is 0 Å². The maximum Gasteiger partial charge on any atom is 0.111 e. The minimum Gasteiger partial charge on any atom is -0.354 e. The van der Waals surface area contributed by atoms with Gasteiger partial charge in [-0.15, -0.1) is 0 Å². The van der Waals surface area contributed by atoms with Gasteiger partial charge in [-0.3, -0.25) is 9.67 Å². The fourth-order valence-corrected chi connectivity index (χ4v) is 3.90. The molecular formula is C23H19ClN4. The molecule has 4 nitrogen and oxygen atoms in total. The number of hydrogen-bond acceptors (Lipinski definition) is 2. The first-order valence-electron chi connectivity index (χ1n) is 9.34. The summed E-state index contributed by atoms with van der Waals surface area (Å²) in [6.45, 7) is 0. The SMILES string of the molecule is Cn1nc(C2=CCCC=N2)cc1-c1ccc2[nH]c(-c3ccccc3Cl)cc2c1. The van der Waals surface area contributed by atoms with Crippen molar-refractivity contribution in [1.29, 1.82) is 0 Å². The third-order valence-corrected chi connectivity index (χ3v) is 5.42. The largest absolute Gasteiger partial charge is 0.354 e. The van der Waals surface area contributed by atoms with Crippen molar-refractivity contribution in [1.82, 2.24) is 14.8 Å². The molecule has 0 amide bonds. The predicted molar refractivity (Wildman–Crippen MR) is 117 cm³/mol. The second-order valence-electron chi connectivity index (χ2n) is 6.98. The number of nitrogens with zero attached hydrogens (tertiary/aromatic N) is 3. The fourth-order valence-electron chi connectivity index (χ4n) is 3.66. The van der Waals surface area contributed by atoms with Crippen molar-refractivity contribution in [2.45, 2.75) is 12.8 Å². The van der Waals surface area contributed by atoms with Gasteiger partial charge in [0.1, 0.15) is 5.69 Å². The van der Waals surface area contributed by atoms with E-state index in [2.05, 4.69) is 51.5 Å². The molecule has 0 saturated heterocycles. The number of allylic oxidation sites excluding steroid dienone is 1. The van der Waals surface area contributed by atoms with Crippen LogP contribution < -0.4 is 0 Å². The molecule has 2 aromatic carbocycles. The molecule has 0 unspecified atom stereocenters. The second kappa shape index (κ2) is 6.80. The van der Waals surface area contributed by atoms with Crippen LogP contribution in [-0.4, -0.2) is 21.0 Å². The summed E-state index contributed by atoms with van der Waals surface area (Å²) in [5.41, 5.74) is 7.17. The van der Waals surface area contributed by atoms with E-state index >= 15 is 0 Å². The predicted octanol–water partition coefficient (Wildman–Crippen LogP) is 6.09. The zero-order valence-electron chi connectivity index (χ0n) is 15.5. The quantitative estimate of drug-likeness (QED) is 0.454. The average Bonchev–Trinajstić information content (AvgIpc) is 3.32. The van der Waals surface area contributed by atoms with E-state index < -0.39 is 0 Å². The van der Waals surface area contributed by atoms with E-state index in [0.717, 1.165) is 62.7 Å².